The number of hydrogen-bond acceptors (Lipinski definition) is 3. The minimum Gasteiger partial charge on any atom is -0.393 e. The molecule has 0 atom stereocenters. The number of amides is 1. The second-order valence-electron chi connectivity index (χ2n) is 5.08. The summed E-state index contributed by atoms with van der Waals surface area (Å²) in [5, 5.41) is 12.4. The largest absolute Gasteiger partial charge is 0.393 e. The second kappa shape index (κ2) is 5.97. The van der Waals surface area contributed by atoms with E-state index in [2.05, 4.69) is 5.32 Å². The van der Waals surface area contributed by atoms with E-state index in [0.29, 0.717) is 11.1 Å². The highest BCUT2D eigenvalue weighted by atomic mass is 16.3. The summed E-state index contributed by atoms with van der Waals surface area (Å²) in [4.78, 5) is 23.7. The fourth-order valence-electron chi connectivity index (χ4n) is 2.47. The molecule has 1 aromatic carbocycles. The van der Waals surface area contributed by atoms with Crippen molar-refractivity contribution in [3.05, 3.63) is 35.4 Å². The molecule has 2 rings (SSSR count). The monoisotopic (exact) mass is 261 g/mol. The van der Waals surface area contributed by atoms with E-state index in [0.717, 1.165) is 25.7 Å². The number of benzene rings is 1. The first-order valence-corrected chi connectivity index (χ1v) is 6.67. The summed E-state index contributed by atoms with van der Waals surface area (Å²) in [6.07, 6.45) is 2.78. The van der Waals surface area contributed by atoms with Crippen LogP contribution >= 0.6 is 0 Å². The van der Waals surface area contributed by atoms with E-state index in [4.69, 9.17) is 0 Å². The predicted octanol–water partition coefficient (Wildman–Crippen LogP) is 1.92. The lowest BCUT2D eigenvalue weighted by molar-refractivity contribution is 0.0862. The molecule has 19 heavy (non-hydrogen) atoms. The van der Waals surface area contributed by atoms with Crippen LogP contribution in [-0.2, 0) is 0 Å². The van der Waals surface area contributed by atoms with Crippen LogP contribution in [0.15, 0.2) is 24.3 Å². The fraction of sp³-hybridized carbons (Fsp3) is 0.467. The Hall–Kier alpha value is -1.68. The van der Waals surface area contributed by atoms with Crippen molar-refractivity contribution >= 4 is 11.7 Å². The lowest BCUT2D eigenvalue weighted by Gasteiger charge is -2.26. The number of aliphatic hydroxyl groups excluding tert-OH is 1. The van der Waals surface area contributed by atoms with Crippen LogP contribution in [-0.4, -0.2) is 28.9 Å². The summed E-state index contributed by atoms with van der Waals surface area (Å²) in [7, 11) is 0. The molecular weight excluding hydrogens is 242 g/mol. The lowest BCUT2D eigenvalue weighted by Crippen LogP contribution is -2.39. The van der Waals surface area contributed by atoms with Gasteiger partial charge >= 0.3 is 0 Å². The lowest BCUT2D eigenvalue weighted by atomic mass is 9.92. The third-order valence-electron chi connectivity index (χ3n) is 3.58. The summed E-state index contributed by atoms with van der Waals surface area (Å²) in [6.45, 7) is 1.46. The molecule has 1 saturated carbocycles. The number of Topliss-reactive ketones (excluding diaryl/α,β-unsaturated/α-hetero) is 1. The number of rotatable bonds is 3. The molecule has 1 aromatic rings. The Morgan fingerprint density at radius 2 is 1.68 bits per heavy atom. The Bertz CT molecular complexity index is 476. The van der Waals surface area contributed by atoms with Crippen LogP contribution in [0.25, 0.3) is 0 Å². The van der Waals surface area contributed by atoms with Crippen LogP contribution in [0.5, 0.6) is 0 Å². The van der Waals surface area contributed by atoms with Gasteiger partial charge in [-0.15, -0.1) is 0 Å². The molecule has 0 unspecified atom stereocenters. The average Bonchev–Trinajstić information content (AvgIpc) is 2.41. The van der Waals surface area contributed by atoms with Crippen molar-refractivity contribution in [1.29, 1.82) is 0 Å². The highest BCUT2D eigenvalue weighted by molar-refractivity contribution is 6.07. The maximum Gasteiger partial charge on any atom is 0.252 e. The van der Waals surface area contributed by atoms with Gasteiger partial charge in [0.2, 0.25) is 0 Å². The summed E-state index contributed by atoms with van der Waals surface area (Å²) in [5.41, 5.74) is 0.886. The molecule has 0 radical (unpaired) electrons. The molecule has 0 aromatic heterocycles. The Balaban J connectivity index is 2.06. The summed E-state index contributed by atoms with van der Waals surface area (Å²) in [6, 6.07) is 6.94. The smallest absolute Gasteiger partial charge is 0.252 e. The van der Waals surface area contributed by atoms with Gasteiger partial charge in [-0.05, 0) is 38.7 Å². The number of carbonyl (C=O) groups is 2. The number of carbonyl (C=O) groups excluding carboxylic acids is 2. The highest BCUT2D eigenvalue weighted by Crippen LogP contribution is 2.19. The van der Waals surface area contributed by atoms with E-state index in [1.807, 2.05) is 0 Å². The first-order chi connectivity index (χ1) is 9.08. The Morgan fingerprint density at radius 1 is 1.11 bits per heavy atom. The number of nitrogens with one attached hydrogen (secondary N) is 1. The van der Waals surface area contributed by atoms with Crippen molar-refractivity contribution in [1.82, 2.24) is 5.32 Å². The molecular formula is C15H19NO3. The topological polar surface area (TPSA) is 66.4 Å². The van der Waals surface area contributed by atoms with Crippen LogP contribution in [0, 0.1) is 0 Å². The number of ketones is 1. The predicted molar refractivity (Wildman–Crippen MR) is 72.2 cm³/mol. The molecule has 0 saturated heterocycles. The van der Waals surface area contributed by atoms with Crippen molar-refractivity contribution in [3.63, 3.8) is 0 Å². The molecule has 4 nitrogen and oxygen atoms in total. The van der Waals surface area contributed by atoms with E-state index in [1.165, 1.54) is 6.92 Å². The van der Waals surface area contributed by atoms with Crippen LogP contribution in [0.3, 0.4) is 0 Å². The molecule has 0 aliphatic heterocycles. The van der Waals surface area contributed by atoms with Gasteiger partial charge < -0.3 is 10.4 Å². The van der Waals surface area contributed by atoms with E-state index >= 15 is 0 Å². The SMILES string of the molecule is CC(=O)c1ccccc1C(=O)NC1CCC(O)CC1. The third-order valence-corrected chi connectivity index (χ3v) is 3.58. The molecule has 102 valence electrons. The van der Waals surface area contributed by atoms with Gasteiger partial charge in [0.25, 0.3) is 5.91 Å². The van der Waals surface area contributed by atoms with Crippen molar-refractivity contribution in [2.24, 2.45) is 0 Å². The van der Waals surface area contributed by atoms with E-state index in [-0.39, 0.29) is 23.8 Å². The van der Waals surface area contributed by atoms with Gasteiger partial charge in [-0.1, -0.05) is 18.2 Å². The van der Waals surface area contributed by atoms with Crippen LogP contribution in [0.4, 0.5) is 0 Å². The molecule has 0 spiro atoms. The molecule has 4 heteroatoms. The zero-order valence-corrected chi connectivity index (χ0v) is 11.1. The quantitative estimate of drug-likeness (QED) is 0.817. The maximum atomic E-state index is 12.2. The molecule has 1 aliphatic carbocycles. The zero-order valence-electron chi connectivity index (χ0n) is 11.1. The van der Waals surface area contributed by atoms with Crippen LogP contribution < -0.4 is 5.32 Å². The van der Waals surface area contributed by atoms with Gasteiger partial charge in [-0.25, -0.2) is 0 Å². The van der Waals surface area contributed by atoms with Crippen molar-refractivity contribution in [3.8, 4) is 0 Å². The minimum absolute atomic E-state index is 0.0934. The van der Waals surface area contributed by atoms with E-state index in [1.54, 1.807) is 24.3 Å². The zero-order chi connectivity index (χ0) is 13.8. The maximum absolute atomic E-state index is 12.2. The van der Waals surface area contributed by atoms with Crippen LogP contribution in [0.2, 0.25) is 0 Å². The Labute approximate surface area is 112 Å². The van der Waals surface area contributed by atoms with Gasteiger partial charge in [-0.2, -0.15) is 0 Å². The standard InChI is InChI=1S/C15H19NO3/c1-10(17)13-4-2-3-5-14(13)15(19)16-11-6-8-12(18)9-7-11/h2-5,11-12,18H,6-9H2,1H3,(H,16,19). The van der Waals surface area contributed by atoms with Crippen LogP contribution in [0.1, 0.15) is 53.3 Å². The Kier molecular flexibility index (Phi) is 4.32. The van der Waals surface area contributed by atoms with Crippen molar-refractivity contribution in [2.45, 2.75) is 44.8 Å². The molecule has 0 heterocycles. The Morgan fingerprint density at radius 3 is 2.26 bits per heavy atom. The highest BCUT2D eigenvalue weighted by Gasteiger charge is 2.22. The molecule has 1 aliphatic rings. The second-order valence-corrected chi connectivity index (χ2v) is 5.08. The van der Waals surface area contributed by atoms with Gasteiger partial charge in [0.05, 0.1) is 11.7 Å². The van der Waals surface area contributed by atoms with Gasteiger partial charge in [-0.3, -0.25) is 9.59 Å². The summed E-state index contributed by atoms with van der Waals surface area (Å²) in [5.74, 6) is -0.308. The molecule has 1 amide bonds. The minimum atomic E-state index is -0.238. The normalized spacial score (nSPS) is 22.8. The first kappa shape index (κ1) is 13.7. The molecule has 2 N–H and O–H groups in total. The summed E-state index contributed by atoms with van der Waals surface area (Å²) < 4.78 is 0. The van der Waals surface area contributed by atoms with Gasteiger partial charge in [0.15, 0.2) is 5.78 Å². The first-order valence-electron chi connectivity index (χ1n) is 6.67. The third kappa shape index (κ3) is 3.41. The van der Waals surface area contributed by atoms with E-state index < -0.39 is 0 Å². The van der Waals surface area contributed by atoms with Crippen molar-refractivity contribution < 1.29 is 14.7 Å². The molecule has 0 bridgehead atoms. The van der Waals surface area contributed by atoms with Gasteiger partial charge in [0.1, 0.15) is 0 Å². The number of hydrogen-bond donors (Lipinski definition) is 2. The average molecular weight is 261 g/mol. The number of aliphatic hydroxyl groups is 1. The molecule has 1 fully saturated rings. The van der Waals surface area contributed by atoms with Gasteiger partial charge in [0, 0.05) is 11.6 Å². The fourth-order valence-corrected chi connectivity index (χ4v) is 2.47. The van der Waals surface area contributed by atoms with E-state index in [9.17, 15) is 14.7 Å². The van der Waals surface area contributed by atoms with Crippen molar-refractivity contribution in [2.75, 3.05) is 0 Å². The summed E-state index contributed by atoms with van der Waals surface area (Å²) >= 11 is 0.